The normalized spacial score (nSPS) is 10.7. The van der Waals surface area contributed by atoms with E-state index >= 15 is 0 Å². The number of aromatic nitrogens is 3. The Morgan fingerprint density at radius 3 is 2.40 bits per heavy atom. The molecule has 3 rings (SSSR count). The maximum Gasteiger partial charge on any atom is 0.174 e. The number of hydrogen-bond acceptors (Lipinski definition) is 5. The van der Waals surface area contributed by atoms with E-state index in [0.29, 0.717) is 16.1 Å². The number of para-hydroxylation sites is 2. The van der Waals surface area contributed by atoms with E-state index in [-0.39, 0.29) is 0 Å². The highest BCUT2D eigenvalue weighted by Gasteiger charge is 2.07. The Labute approximate surface area is 129 Å². The third-order valence-corrected chi connectivity index (χ3v) is 3.75. The van der Waals surface area contributed by atoms with Gasteiger partial charge in [0.15, 0.2) is 11.0 Å². The van der Waals surface area contributed by atoms with E-state index in [0.717, 1.165) is 15.9 Å². The Morgan fingerprint density at radius 2 is 1.70 bits per heavy atom. The van der Waals surface area contributed by atoms with Gasteiger partial charge in [-0.25, -0.2) is 15.0 Å². The van der Waals surface area contributed by atoms with Gasteiger partial charge in [0.05, 0.1) is 11.0 Å². The second kappa shape index (κ2) is 5.83. The van der Waals surface area contributed by atoms with Crippen molar-refractivity contribution in [2.24, 2.45) is 0 Å². The minimum Gasteiger partial charge on any atom is -0.308 e. The zero-order valence-corrected chi connectivity index (χ0v) is 12.4. The Morgan fingerprint density at radius 1 is 0.950 bits per heavy atom. The van der Waals surface area contributed by atoms with Crippen molar-refractivity contribution in [1.82, 2.24) is 15.0 Å². The van der Waals surface area contributed by atoms with E-state index in [2.05, 4.69) is 19.7 Å². The predicted molar refractivity (Wildman–Crippen MR) is 83.3 cm³/mol. The fraction of sp³-hybridized carbons (Fsp3) is 0. The fourth-order valence-corrected chi connectivity index (χ4v) is 2.52. The molecule has 3 aromatic rings. The summed E-state index contributed by atoms with van der Waals surface area (Å²) in [4.78, 5) is 13.6. The molecule has 100 valence electrons. The molecule has 0 aliphatic rings. The van der Waals surface area contributed by atoms with E-state index in [1.54, 1.807) is 12.3 Å². The van der Waals surface area contributed by atoms with Crippen LogP contribution < -0.4 is 4.72 Å². The van der Waals surface area contributed by atoms with Crippen LogP contribution >= 0.6 is 35.1 Å². The highest BCUT2D eigenvalue weighted by molar-refractivity contribution is 8.00. The lowest BCUT2D eigenvalue weighted by Crippen LogP contribution is -1.95. The monoisotopic (exact) mass is 322 g/mol. The molecule has 0 atom stereocenters. The lowest BCUT2D eigenvalue weighted by molar-refractivity contribution is 1.24. The van der Waals surface area contributed by atoms with Crippen LogP contribution in [0.1, 0.15) is 0 Å². The van der Waals surface area contributed by atoms with Gasteiger partial charge in [0.25, 0.3) is 0 Å². The van der Waals surface area contributed by atoms with Crippen LogP contribution in [0, 0.1) is 0 Å². The van der Waals surface area contributed by atoms with Crippen LogP contribution in [0.3, 0.4) is 0 Å². The number of nitrogens with zero attached hydrogens (tertiary/aromatic N) is 3. The van der Waals surface area contributed by atoms with Gasteiger partial charge in [-0.1, -0.05) is 35.3 Å². The van der Waals surface area contributed by atoms with Crippen LogP contribution in [0.5, 0.6) is 0 Å². The van der Waals surface area contributed by atoms with E-state index < -0.39 is 0 Å². The summed E-state index contributed by atoms with van der Waals surface area (Å²) < 4.78 is 3.07. The van der Waals surface area contributed by atoms with Crippen molar-refractivity contribution in [1.29, 1.82) is 0 Å². The molecule has 7 heteroatoms. The van der Waals surface area contributed by atoms with Crippen LogP contribution in [0.4, 0.5) is 5.82 Å². The number of benzene rings is 1. The van der Waals surface area contributed by atoms with Gasteiger partial charge in [0.1, 0.15) is 5.15 Å². The van der Waals surface area contributed by atoms with Gasteiger partial charge in [-0.2, -0.15) is 0 Å². The van der Waals surface area contributed by atoms with E-state index in [4.69, 9.17) is 23.2 Å². The second-order valence-corrected chi connectivity index (χ2v) is 5.50. The lowest BCUT2D eigenvalue weighted by atomic mass is 10.3. The molecule has 0 aliphatic heterocycles. The number of pyridine rings is 1. The molecule has 1 N–H and O–H groups in total. The van der Waals surface area contributed by atoms with Crippen molar-refractivity contribution >= 4 is 52.0 Å². The summed E-state index contributed by atoms with van der Waals surface area (Å²) in [6, 6.07) is 11.1. The molecule has 2 aromatic heterocycles. The van der Waals surface area contributed by atoms with Crippen LogP contribution in [0.15, 0.2) is 47.5 Å². The molecule has 0 bridgehead atoms. The molecule has 0 saturated heterocycles. The lowest BCUT2D eigenvalue weighted by Gasteiger charge is -2.07. The van der Waals surface area contributed by atoms with E-state index in [1.807, 2.05) is 30.3 Å². The summed E-state index contributed by atoms with van der Waals surface area (Å²) in [5.74, 6) is 0.519. The first-order valence-electron chi connectivity index (χ1n) is 5.69. The number of rotatable bonds is 3. The van der Waals surface area contributed by atoms with Crippen molar-refractivity contribution in [3.05, 3.63) is 52.9 Å². The molecule has 0 saturated carbocycles. The Hall–Kier alpha value is -1.56. The minimum absolute atomic E-state index is 0.332. The number of anilines is 1. The topological polar surface area (TPSA) is 50.7 Å². The Balaban J connectivity index is 1.83. The summed E-state index contributed by atoms with van der Waals surface area (Å²) in [5, 5.41) is 0.788. The molecule has 0 fully saturated rings. The fourth-order valence-electron chi connectivity index (χ4n) is 1.57. The first kappa shape index (κ1) is 13.4. The van der Waals surface area contributed by atoms with Crippen molar-refractivity contribution in [2.45, 2.75) is 4.90 Å². The van der Waals surface area contributed by atoms with Crippen molar-refractivity contribution in [3.8, 4) is 0 Å². The van der Waals surface area contributed by atoms with Crippen LogP contribution in [0.25, 0.3) is 11.0 Å². The third-order valence-electron chi connectivity index (χ3n) is 2.49. The molecule has 1 aromatic carbocycles. The standard InChI is InChI=1S/C13H8Cl2N4S/c14-11-6-5-8(7-16-11)20-19-13-12(15)17-9-3-1-2-4-10(9)18-13/h1-7H,(H,18,19). The van der Waals surface area contributed by atoms with Crippen molar-refractivity contribution in [3.63, 3.8) is 0 Å². The summed E-state index contributed by atoms with van der Waals surface area (Å²) in [6.07, 6.45) is 1.67. The molecule has 0 unspecified atom stereocenters. The quantitative estimate of drug-likeness (QED) is 0.570. The van der Waals surface area contributed by atoms with Gasteiger partial charge in [0, 0.05) is 11.1 Å². The minimum atomic E-state index is 0.332. The smallest absolute Gasteiger partial charge is 0.174 e. The van der Waals surface area contributed by atoms with Gasteiger partial charge < -0.3 is 4.72 Å². The van der Waals surface area contributed by atoms with Gasteiger partial charge in [-0.3, -0.25) is 0 Å². The van der Waals surface area contributed by atoms with Crippen molar-refractivity contribution < 1.29 is 0 Å². The van der Waals surface area contributed by atoms with Gasteiger partial charge in [0.2, 0.25) is 0 Å². The first-order chi connectivity index (χ1) is 9.72. The van der Waals surface area contributed by atoms with Gasteiger partial charge in [-0.05, 0) is 36.2 Å². The molecule has 4 nitrogen and oxygen atoms in total. The zero-order valence-electron chi connectivity index (χ0n) is 10.0. The average molecular weight is 323 g/mol. The van der Waals surface area contributed by atoms with E-state index in [1.165, 1.54) is 11.9 Å². The molecular formula is C13H8Cl2N4S. The van der Waals surface area contributed by atoms with Gasteiger partial charge >= 0.3 is 0 Å². The second-order valence-electron chi connectivity index (χ2n) is 3.87. The van der Waals surface area contributed by atoms with Crippen LogP contribution in [0.2, 0.25) is 10.3 Å². The molecule has 0 amide bonds. The highest BCUT2D eigenvalue weighted by Crippen LogP contribution is 2.26. The SMILES string of the molecule is Clc1ccc(SNc2nc3ccccc3nc2Cl)cn1. The molecular weight excluding hydrogens is 315 g/mol. The number of nitrogens with one attached hydrogen (secondary N) is 1. The summed E-state index contributed by atoms with van der Waals surface area (Å²) >= 11 is 13.2. The van der Waals surface area contributed by atoms with E-state index in [9.17, 15) is 0 Å². The zero-order chi connectivity index (χ0) is 13.9. The molecule has 0 radical (unpaired) electrons. The highest BCUT2D eigenvalue weighted by atomic mass is 35.5. The summed E-state index contributed by atoms with van der Waals surface area (Å²) in [5.41, 5.74) is 1.55. The summed E-state index contributed by atoms with van der Waals surface area (Å²) in [7, 11) is 0. The predicted octanol–water partition coefficient (Wildman–Crippen LogP) is 4.45. The molecule has 20 heavy (non-hydrogen) atoms. The molecule has 2 heterocycles. The summed E-state index contributed by atoms with van der Waals surface area (Å²) in [6.45, 7) is 0. The Kier molecular flexibility index (Phi) is 3.91. The molecule has 0 spiro atoms. The van der Waals surface area contributed by atoms with Crippen LogP contribution in [-0.4, -0.2) is 15.0 Å². The Bertz CT molecular complexity index is 749. The molecule has 0 aliphatic carbocycles. The first-order valence-corrected chi connectivity index (χ1v) is 7.26. The number of hydrogen-bond donors (Lipinski definition) is 1. The maximum atomic E-state index is 6.11. The number of fused-ring (bicyclic) bond motifs is 1. The number of halogens is 2. The average Bonchev–Trinajstić information content (AvgIpc) is 2.47. The van der Waals surface area contributed by atoms with Crippen molar-refractivity contribution in [2.75, 3.05) is 4.72 Å². The van der Waals surface area contributed by atoms with Gasteiger partial charge in [-0.15, -0.1) is 0 Å². The maximum absolute atomic E-state index is 6.11. The third kappa shape index (κ3) is 2.95. The largest absolute Gasteiger partial charge is 0.308 e. The van der Waals surface area contributed by atoms with Crippen LogP contribution in [-0.2, 0) is 0 Å².